The number of ether oxygens (including phenoxy) is 1. The third-order valence-corrected chi connectivity index (χ3v) is 3.13. The van der Waals surface area contributed by atoms with E-state index in [1.54, 1.807) is 6.92 Å². The summed E-state index contributed by atoms with van der Waals surface area (Å²) in [5.41, 5.74) is 0.0793. The van der Waals surface area contributed by atoms with Crippen LogP contribution in [-0.2, 0) is 9.53 Å². The molecule has 0 radical (unpaired) electrons. The highest BCUT2D eigenvalue weighted by Crippen LogP contribution is 2.36. The molecule has 1 atom stereocenters. The topological polar surface area (TPSA) is 38.3 Å². The summed E-state index contributed by atoms with van der Waals surface area (Å²) in [6.45, 7) is 1.55. The first-order valence-electron chi connectivity index (χ1n) is 5.83. The monoisotopic (exact) mass is 255 g/mol. The summed E-state index contributed by atoms with van der Waals surface area (Å²) in [4.78, 5) is 11.6. The van der Waals surface area contributed by atoms with Crippen molar-refractivity contribution in [1.29, 1.82) is 0 Å². The molecule has 98 valence electrons. The molecule has 1 fully saturated rings. The van der Waals surface area contributed by atoms with Crippen molar-refractivity contribution in [2.75, 3.05) is 12.4 Å². The molecule has 1 N–H and O–H groups in total. The van der Waals surface area contributed by atoms with Gasteiger partial charge in [-0.25, -0.2) is 13.6 Å². The second-order valence-corrected chi connectivity index (χ2v) is 4.54. The fraction of sp³-hybridized carbons (Fsp3) is 0.462. The molecule has 0 saturated heterocycles. The van der Waals surface area contributed by atoms with Gasteiger partial charge in [-0.15, -0.1) is 0 Å². The quantitative estimate of drug-likeness (QED) is 0.840. The fourth-order valence-corrected chi connectivity index (χ4v) is 1.87. The molecule has 1 aliphatic rings. The van der Waals surface area contributed by atoms with Gasteiger partial charge in [-0.1, -0.05) is 6.07 Å². The predicted octanol–water partition coefficient (Wildman–Crippen LogP) is 2.64. The van der Waals surface area contributed by atoms with Crippen LogP contribution in [0.3, 0.4) is 0 Å². The minimum Gasteiger partial charge on any atom is -0.467 e. The highest BCUT2D eigenvalue weighted by atomic mass is 19.1. The Morgan fingerprint density at radius 1 is 1.44 bits per heavy atom. The second kappa shape index (κ2) is 4.92. The van der Waals surface area contributed by atoms with E-state index in [9.17, 15) is 13.6 Å². The van der Waals surface area contributed by atoms with Crippen molar-refractivity contribution in [2.45, 2.75) is 25.8 Å². The summed E-state index contributed by atoms with van der Waals surface area (Å²) in [5.74, 6) is -1.76. The molecule has 0 aliphatic heterocycles. The lowest BCUT2D eigenvalue weighted by Gasteiger charge is -2.18. The van der Waals surface area contributed by atoms with Gasteiger partial charge in [0.05, 0.1) is 7.11 Å². The Kier molecular flexibility index (Phi) is 3.50. The Hall–Kier alpha value is -1.65. The first-order valence-corrected chi connectivity index (χ1v) is 5.83. The maximum absolute atomic E-state index is 13.8. The molecule has 18 heavy (non-hydrogen) atoms. The standard InChI is InChI=1S/C13H15F2NO2/c1-7-3-6-9(14)12(10(7)15)16-11(8-4-5-8)13(17)18-2/h3,6,8,11,16H,4-5H2,1-2H3. The molecule has 0 amide bonds. The van der Waals surface area contributed by atoms with Gasteiger partial charge in [0, 0.05) is 0 Å². The highest BCUT2D eigenvalue weighted by molar-refractivity contribution is 5.80. The number of hydrogen-bond donors (Lipinski definition) is 1. The van der Waals surface area contributed by atoms with Gasteiger partial charge < -0.3 is 10.1 Å². The van der Waals surface area contributed by atoms with Gasteiger partial charge in [0.1, 0.15) is 17.5 Å². The zero-order valence-corrected chi connectivity index (χ0v) is 10.3. The van der Waals surface area contributed by atoms with E-state index in [0.29, 0.717) is 5.56 Å². The van der Waals surface area contributed by atoms with Gasteiger partial charge in [-0.05, 0) is 37.3 Å². The van der Waals surface area contributed by atoms with Crippen LogP contribution in [0.15, 0.2) is 12.1 Å². The van der Waals surface area contributed by atoms with Crippen molar-refractivity contribution < 1.29 is 18.3 Å². The second-order valence-electron chi connectivity index (χ2n) is 4.54. The molecular weight excluding hydrogens is 240 g/mol. The number of esters is 1. The smallest absolute Gasteiger partial charge is 0.328 e. The van der Waals surface area contributed by atoms with Crippen LogP contribution in [-0.4, -0.2) is 19.1 Å². The molecule has 2 rings (SSSR count). The van der Waals surface area contributed by atoms with Crippen molar-refractivity contribution in [3.8, 4) is 0 Å². The van der Waals surface area contributed by atoms with E-state index in [1.165, 1.54) is 19.2 Å². The average molecular weight is 255 g/mol. The van der Waals surface area contributed by atoms with E-state index in [0.717, 1.165) is 12.8 Å². The van der Waals surface area contributed by atoms with Gasteiger partial charge in [0.25, 0.3) is 0 Å². The van der Waals surface area contributed by atoms with Crippen LogP contribution in [0.1, 0.15) is 18.4 Å². The van der Waals surface area contributed by atoms with Gasteiger partial charge in [0.2, 0.25) is 0 Å². The summed E-state index contributed by atoms with van der Waals surface area (Å²) in [5, 5.41) is 2.64. The third-order valence-electron chi connectivity index (χ3n) is 3.13. The number of carbonyl (C=O) groups is 1. The highest BCUT2D eigenvalue weighted by Gasteiger charge is 2.38. The van der Waals surface area contributed by atoms with Crippen LogP contribution in [0.4, 0.5) is 14.5 Å². The van der Waals surface area contributed by atoms with Crippen LogP contribution in [0, 0.1) is 24.5 Å². The number of anilines is 1. The normalized spacial score (nSPS) is 16.2. The molecule has 1 unspecified atom stereocenters. The summed E-state index contributed by atoms with van der Waals surface area (Å²) < 4.78 is 32.1. The summed E-state index contributed by atoms with van der Waals surface area (Å²) in [7, 11) is 1.27. The van der Waals surface area contributed by atoms with Crippen LogP contribution in [0.5, 0.6) is 0 Å². The number of halogens is 2. The summed E-state index contributed by atoms with van der Waals surface area (Å²) >= 11 is 0. The van der Waals surface area contributed by atoms with Crippen molar-refractivity contribution >= 4 is 11.7 Å². The first-order chi connectivity index (χ1) is 8.54. The molecule has 1 saturated carbocycles. The largest absolute Gasteiger partial charge is 0.467 e. The molecule has 3 nitrogen and oxygen atoms in total. The zero-order chi connectivity index (χ0) is 13.3. The van der Waals surface area contributed by atoms with E-state index in [1.807, 2.05) is 0 Å². The average Bonchev–Trinajstić information content (AvgIpc) is 3.18. The van der Waals surface area contributed by atoms with Crippen molar-refractivity contribution in [2.24, 2.45) is 5.92 Å². The van der Waals surface area contributed by atoms with Crippen LogP contribution in [0.2, 0.25) is 0 Å². The van der Waals surface area contributed by atoms with E-state index in [2.05, 4.69) is 10.1 Å². The van der Waals surface area contributed by atoms with Crippen molar-refractivity contribution in [3.05, 3.63) is 29.3 Å². The van der Waals surface area contributed by atoms with Gasteiger partial charge in [-0.3, -0.25) is 0 Å². The summed E-state index contributed by atoms with van der Waals surface area (Å²) in [6.07, 6.45) is 1.73. The van der Waals surface area contributed by atoms with Gasteiger partial charge >= 0.3 is 5.97 Å². The molecule has 1 aromatic carbocycles. The molecule has 0 bridgehead atoms. The molecule has 0 heterocycles. The lowest BCUT2D eigenvalue weighted by Crippen LogP contribution is -2.33. The maximum atomic E-state index is 13.8. The molecule has 0 spiro atoms. The number of aryl methyl sites for hydroxylation is 1. The number of rotatable bonds is 4. The van der Waals surface area contributed by atoms with E-state index in [4.69, 9.17) is 0 Å². The van der Waals surface area contributed by atoms with Crippen LogP contribution < -0.4 is 5.32 Å². The number of hydrogen-bond acceptors (Lipinski definition) is 3. The van der Waals surface area contributed by atoms with Crippen molar-refractivity contribution in [1.82, 2.24) is 0 Å². The zero-order valence-electron chi connectivity index (χ0n) is 10.3. The first kappa shape index (κ1) is 12.8. The fourth-order valence-electron chi connectivity index (χ4n) is 1.87. The van der Waals surface area contributed by atoms with Crippen molar-refractivity contribution in [3.63, 3.8) is 0 Å². The van der Waals surface area contributed by atoms with Gasteiger partial charge in [0.15, 0.2) is 5.82 Å². The maximum Gasteiger partial charge on any atom is 0.328 e. The molecule has 1 aliphatic carbocycles. The Morgan fingerprint density at radius 2 is 2.11 bits per heavy atom. The molecule has 5 heteroatoms. The Labute approximate surface area is 104 Å². The molecular formula is C13H15F2NO2. The number of carbonyl (C=O) groups excluding carboxylic acids is 1. The van der Waals surface area contributed by atoms with E-state index >= 15 is 0 Å². The minimum atomic E-state index is -0.701. The minimum absolute atomic E-state index is 0.0942. The Balaban J connectivity index is 2.26. The lowest BCUT2D eigenvalue weighted by atomic mass is 10.1. The van der Waals surface area contributed by atoms with Crippen LogP contribution >= 0.6 is 0 Å². The Morgan fingerprint density at radius 3 is 2.67 bits per heavy atom. The number of nitrogens with one attached hydrogen (secondary N) is 1. The number of methoxy groups -OCH3 is 1. The lowest BCUT2D eigenvalue weighted by molar-refractivity contribution is -0.142. The van der Waals surface area contributed by atoms with Crippen LogP contribution in [0.25, 0.3) is 0 Å². The van der Waals surface area contributed by atoms with E-state index in [-0.39, 0.29) is 11.6 Å². The molecule has 0 aromatic heterocycles. The summed E-state index contributed by atoms with van der Waals surface area (Å²) in [6, 6.07) is 1.86. The molecule has 1 aromatic rings. The third kappa shape index (κ3) is 2.44. The Bertz CT molecular complexity index is 472. The predicted molar refractivity (Wildman–Crippen MR) is 63.2 cm³/mol. The number of benzene rings is 1. The van der Waals surface area contributed by atoms with E-state index < -0.39 is 23.6 Å². The van der Waals surface area contributed by atoms with Gasteiger partial charge in [-0.2, -0.15) is 0 Å². The SMILES string of the molecule is COC(=O)C(Nc1c(F)ccc(C)c1F)C1CC1.